The Kier molecular flexibility index (Phi) is 5.21. The Balaban J connectivity index is 2.38. The molecule has 1 heterocycles. The number of ether oxygens (including phenoxy) is 1. The van der Waals surface area contributed by atoms with Gasteiger partial charge in [0.2, 0.25) is 5.88 Å². The molecule has 0 spiro atoms. The Labute approximate surface area is 163 Å². The largest absolute Gasteiger partial charge is 0.477 e. The van der Waals surface area contributed by atoms with Crippen LogP contribution in [0.3, 0.4) is 0 Å². The van der Waals surface area contributed by atoms with Crippen molar-refractivity contribution >= 4 is 28.5 Å². The second kappa shape index (κ2) is 7.31. The number of fused-ring (bicyclic) bond motifs is 1. The maximum atomic E-state index is 13.0. The number of nitrogens with zero attached hydrogens (tertiary/aromatic N) is 1. The van der Waals surface area contributed by atoms with Crippen molar-refractivity contribution in [2.24, 2.45) is 0 Å². The zero-order valence-corrected chi connectivity index (χ0v) is 15.6. The number of rotatable bonds is 4. The molecule has 0 radical (unpaired) electrons. The van der Waals surface area contributed by atoms with Crippen LogP contribution >= 0.6 is 11.6 Å². The Morgan fingerprint density at radius 1 is 1.21 bits per heavy atom. The minimum atomic E-state index is -4.67. The zero-order valence-electron chi connectivity index (χ0n) is 14.8. The van der Waals surface area contributed by atoms with Crippen molar-refractivity contribution < 1.29 is 27.8 Å². The molecule has 3 rings (SSSR count). The van der Waals surface area contributed by atoms with E-state index in [9.17, 15) is 23.1 Å². The molecular formula is C20H15ClF3NO3. The topological polar surface area (TPSA) is 59.4 Å². The van der Waals surface area contributed by atoms with Crippen LogP contribution in [0.25, 0.3) is 22.0 Å². The van der Waals surface area contributed by atoms with Crippen molar-refractivity contribution in [1.82, 2.24) is 4.98 Å². The highest BCUT2D eigenvalue weighted by Crippen LogP contribution is 2.38. The van der Waals surface area contributed by atoms with Crippen LogP contribution in [-0.2, 0) is 0 Å². The van der Waals surface area contributed by atoms with Crippen LogP contribution in [-0.4, -0.2) is 28.3 Å². The number of halogens is 4. The fourth-order valence-electron chi connectivity index (χ4n) is 2.82. The fourth-order valence-corrected chi connectivity index (χ4v) is 3.01. The number of aryl methyl sites for hydroxylation is 1. The number of alkyl halides is 3. The third-order valence-electron chi connectivity index (χ3n) is 4.18. The Morgan fingerprint density at radius 3 is 2.54 bits per heavy atom. The number of carboxylic acid groups (broad SMARTS) is 1. The number of hydrogen-bond acceptors (Lipinski definition) is 3. The lowest BCUT2D eigenvalue weighted by Gasteiger charge is -2.20. The highest BCUT2D eigenvalue weighted by molar-refractivity contribution is 6.31. The molecule has 28 heavy (non-hydrogen) atoms. The quantitative estimate of drug-likeness (QED) is 0.583. The van der Waals surface area contributed by atoms with E-state index in [0.29, 0.717) is 21.5 Å². The lowest BCUT2D eigenvalue weighted by molar-refractivity contribution is -0.190. The van der Waals surface area contributed by atoms with Crippen LogP contribution in [0, 0.1) is 6.92 Å². The molecule has 0 aliphatic rings. The van der Waals surface area contributed by atoms with E-state index in [1.807, 2.05) is 6.92 Å². The number of hydrogen-bond donors (Lipinski definition) is 1. The van der Waals surface area contributed by atoms with E-state index in [1.54, 1.807) is 42.5 Å². The molecule has 1 aromatic heterocycles. The second-order valence-corrected chi connectivity index (χ2v) is 6.74. The van der Waals surface area contributed by atoms with Crippen molar-refractivity contribution in [2.45, 2.75) is 26.1 Å². The van der Waals surface area contributed by atoms with Gasteiger partial charge in [-0.15, -0.1) is 0 Å². The van der Waals surface area contributed by atoms with Crippen molar-refractivity contribution in [3.8, 4) is 17.0 Å². The number of aromatic nitrogens is 1. The van der Waals surface area contributed by atoms with Crippen molar-refractivity contribution in [3.05, 3.63) is 58.6 Å². The average molecular weight is 410 g/mol. The molecule has 0 saturated carbocycles. The molecule has 1 N–H and O–H groups in total. The summed E-state index contributed by atoms with van der Waals surface area (Å²) in [7, 11) is 0. The molecule has 0 bridgehead atoms. The smallest absolute Gasteiger partial charge is 0.425 e. The summed E-state index contributed by atoms with van der Waals surface area (Å²) in [6, 6.07) is 11.5. The number of carbonyl (C=O) groups is 1. The maximum Gasteiger partial charge on any atom is 0.425 e. The number of benzene rings is 2. The van der Waals surface area contributed by atoms with Crippen molar-refractivity contribution in [2.75, 3.05) is 0 Å². The summed E-state index contributed by atoms with van der Waals surface area (Å²) < 4.78 is 43.9. The van der Waals surface area contributed by atoms with E-state index in [4.69, 9.17) is 16.3 Å². The van der Waals surface area contributed by atoms with Gasteiger partial charge in [-0.25, -0.2) is 9.78 Å². The van der Waals surface area contributed by atoms with E-state index in [0.717, 1.165) is 12.5 Å². The first kappa shape index (κ1) is 19.9. The predicted octanol–water partition coefficient (Wildman–Crippen LogP) is 5.89. The van der Waals surface area contributed by atoms with Gasteiger partial charge in [-0.2, -0.15) is 13.2 Å². The van der Waals surface area contributed by atoms with E-state index in [-0.39, 0.29) is 5.56 Å². The molecule has 1 atom stereocenters. The van der Waals surface area contributed by atoms with E-state index < -0.39 is 29.7 Å². The first-order valence-electron chi connectivity index (χ1n) is 8.25. The van der Waals surface area contributed by atoms with Crippen LogP contribution in [0.5, 0.6) is 5.88 Å². The standard InChI is InChI=1S/C20H15ClF3NO3/c1-10-6-7-15-14(8-10)16(12-4-3-5-13(21)9-12)17(19(26)27)18(25-15)28-11(2)20(22,23)24/h3-9,11H,1-2H3,(H,26,27). The van der Waals surface area contributed by atoms with Crippen molar-refractivity contribution in [1.29, 1.82) is 0 Å². The first-order chi connectivity index (χ1) is 13.1. The molecule has 4 nitrogen and oxygen atoms in total. The SMILES string of the molecule is Cc1ccc2nc(OC(C)C(F)(F)F)c(C(=O)O)c(-c3cccc(Cl)c3)c2c1. The van der Waals surface area contributed by atoms with Gasteiger partial charge in [0.05, 0.1) is 5.52 Å². The molecule has 3 aromatic rings. The highest BCUT2D eigenvalue weighted by atomic mass is 35.5. The molecule has 1 unspecified atom stereocenters. The molecule has 0 aliphatic heterocycles. The van der Waals surface area contributed by atoms with Gasteiger partial charge in [-0.1, -0.05) is 35.4 Å². The summed E-state index contributed by atoms with van der Waals surface area (Å²) in [5.41, 5.74) is 1.35. The van der Waals surface area contributed by atoms with Gasteiger partial charge in [0.1, 0.15) is 5.56 Å². The Morgan fingerprint density at radius 2 is 1.93 bits per heavy atom. The van der Waals surface area contributed by atoms with Gasteiger partial charge in [-0.05, 0) is 43.7 Å². The number of aromatic carboxylic acids is 1. The minimum Gasteiger partial charge on any atom is -0.477 e. The van der Waals surface area contributed by atoms with Gasteiger partial charge in [0.15, 0.2) is 6.10 Å². The van der Waals surface area contributed by atoms with Gasteiger partial charge >= 0.3 is 12.1 Å². The summed E-state index contributed by atoms with van der Waals surface area (Å²) in [4.78, 5) is 16.1. The highest BCUT2D eigenvalue weighted by Gasteiger charge is 2.39. The summed E-state index contributed by atoms with van der Waals surface area (Å²) in [5, 5.41) is 10.6. The lowest BCUT2D eigenvalue weighted by Crippen LogP contribution is -2.32. The molecule has 0 fully saturated rings. The van der Waals surface area contributed by atoms with Gasteiger partial charge in [0, 0.05) is 16.0 Å². The van der Waals surface area contributed by atoms with Crippen LogP contribution in [0.2, 0.25) is 5.02 Å². The third-order valence-corrected chi connectivity index (χ3v) is 4.42. The molecular weight excluding hydrogens is 395 g/mol. The van der Waals surface area contributed by atoms with Crippen molar-refractivity contribution in [3.63, 3.8) is 0 Å². The minimum absolute atomic E-state index is 0.202. The van der Waals surface area contributed by atoms with Crippen LogP contribution in [0.1, 0.15) is 22.8 Å². The third kappa shape index (κ3) is 3.89. The summed E-state index contributed by atoms with van der Waals surface area (Å²) in [5.74, 6) is -2.04. The van der Waals surface area contributed by atoms with Gasteiger partial charge < -0.3 is 9.84 Å². The maximum absolute atomic E-state index is 13.0. The van der Waals surface area contributed by atoms with E-state index in [1.165, 1.54) is 0 Å². The number of pyridine rings is 1. The monoisotopic (exact) mass is 409 g/mol. The Bertz CT molecular complexity index is 1070. The molecule has 0 amide bonds. The average Bonchev–Trinajstić information content (AvgIpc) is 2.59. The molecule has 0 aliphatic carbocycles. The molecule has 2 aromatic carbocycles. The molecule has 0 saturated heterocycles. The zero-order chi connectivity index (χ0) is 20.6. The summed E-state index contributed by atoms with van der Waals surface area (Å²) in [6.45, 7) is 2.61. The fraction of sp³-hybridized carbons (Fsp3) is 0.200. The summed E-state index contributed by atoms with van der Waals surface area (Å²) >= 11 is 6.05. The Hall–Kier alpha value is -2.80. The van der Waals surface area contributed by atoms with E-state index in [2.05, 4.69) is 4.98 Å². The first-order valence-corrected chi connectivity index (χ1v) is 8.62. The lowest BCUT2D eigenvalue weighted by atomic mass is 9.95. The van der Waals surface area contributed by atoms with Gasteiger partial charge in [0.25, 0.3) is 0 Å². The summed E-state index contributed by atoms with van der Waals surface area (Å²) in [6.07, 6.45) is -6.90. The second-order valence-electron chi connectivity index (χ2n) is 6.30. The molecule has 146 valence electrons. The van der Waals surface area contributed by atoms with Crippen LogP contribution < -0.4 is 4.74 Å². The predicted molar refractivity (Wildman–Crippen MR) is 100 cm³/mol. The normalized spacial score (nSPS) is 12.8. The van der Waals surface area contributed by atoms with Crippen LogP contribution in [0.4, 0.5) is 13.2 Å². The number of carboxylic acids is 1. The molecule has 8 heteroatoms. The van der Waals surface area contributed by atoms with E-state index >= 15 is 0 Å². The van der Waals surface area contributed by atoms with Gasteiger partial charge in [-0.3, -0.25) is 0 Å². The van der Waals surface area contributed by atoms with Crippen LogP contribution in [0.15, 0.2) is 42.5 Å².